The average Bonchev–Trinajstić information content (AvgIpc) is 2.74. The molecule has 0 saturated heterocycles. The van der Waals surface area contributed by atoms with Crippen LogP contribution in [-0.2, 0) is 9.59 Å². The number of rotatable bonds is 8. The summed E-state index contributed by atoms with van der Waals surface area (Å²) >= 11 is 12.1. The molecule has 0 radical (unpaired) electrons. The van der Waals surface area contributed by atoms with Crippen LogP contribution in [0.3, 0.4) is 0 Å². The molecule has 0 saturated carbocycles. The molecular weight excluding hydrogens is 427 g/mol. The molecule has 0 aliphatic heterocycles. The predicted molar refractivity (Wildman–Crippen MR) is 118 cm³/mol. The first-order valence-electron chi connectivity index (χ1n) is 8.96. The van der Waals surface area contributed by atoms with Crippen LogP contribution < -0.4 is 20.1 Å². The Balaban J connectivity index is 1.54. The van der Waals surface area contributed by atoms with Crippen molar-refractivity contribution in [3.8, 4) is 11.5 Å². The molecule has 0 aromatic heterocycles. The van der Waals surface area contributed by atoms with E-state index in [9.17, 15) is 9.59 Å². The van der Waals surface area contributed by atoms with Crippen molar-refractivity contribution in [3.05, 3.63) is 82.8 Å². The summed E-state index contributed by atoms with van der Waals surface area (Å²) in [7, 11) is 0. The molecule has 3 rings (SSSR count). The van der Waals surface area contributed by atoms with Crippen LogP contribution in [0.15, 0.2) is 72.8 Å². The highest BCUT2D eigenvalue weighted by Crippen LogP contribution is 2.27. The smallest absolute Gasteiger partial charge is 0.262 e. The fourth-order valence-electron chi connectivity index (χ4n) is 2.47. The van der Waals surface area contributed by atoms with E-state index in [4.69, 9.17) is 32.7 Å². The molecule has 0 heterocycles. The van der Waals surface area contributed by atoms with Crippen molar-refractivity contribution < 1.29 is 19.1 Å². The molecule has 2 N–H and O–H groups in total. The molecule has 0 unspecified atom stereocenters. The SMILES string of the molecule is O=C(COc1ccccc1OCC(=O)Nc1ccccc1Cl)Nc1ccccc1Cl. The van der Waals surface area contributed by atoms with Crippen LogP contribution in [0.5, 0.6) is 11.5 Å². The van der Waals surface area contributed by atoms with E-state index < -0.39 is 0 Å². The molecule has 0 aliphatic carbocycles. The van der Waals surface area contributed by atoms with Crippen LogP contribution in [0.1, 0.15) is 0 Å². The van der Waals surface area contributed by atoms with Gasteiger partial charge in [0, 0.05) is 0 Å². The summed E-state index contributed by atoms with van der Waals surface area (Å²) in [6.07, 6.45) is 0. The Bertz CT molecular complexity index is 960. The van der Waals surface area contributed by atoms with Crippen molar-refractivity contribution in [3.63, 3.8) is 0 Å². The summed E-state index contributed by atoms with van der Waals surface area (Å²) in [6.45, 7) is -0.505. The minimum Gasteiger partial charge on any atom is -0.480 e. The van der Waals surface area contributed by atoms with Gasteiger partial charge in [-0.2, -0.15) is 0 Å². The minimum absolute atomic E-state index is 0.253. The number of hydrogen-bond acceptors (Lipinski definition) is 4. The summed E-state index contributed by atoms with van der Waals surface area (Å²) < 4.78 is 11.1. The number of para-hydroxylation sites is 4. The molecule has 2 amide bonds. The number of anilines is 2. The zero-order valence-corrected chi connectivity index (χ0v) is 17.2. The van der Waals surface area contributed by atoms with Crippen molar-refractivity contribution in [2.45, 2.75) is 0 Å². The lowest BCUT2D eigenvalue weighted by Gasteiger charge is -2.13. The van der Waals surface area contributed by atoms with E-state index >= 15 is 0 Å². The first-order valence-corrected chi connectivity index (χ1v) is 9.72. The third-order valence-corrected chi connectivity index (χ3v) is 4.52. The number of nitrogens with one attached hydrogen (secondary N) is 2. The molecule has 3 aromatic carbocycles. The van der Waals surface area contributed by atoms with Gasteiger partial charge in [-0.3, -0.25) is 9.59 Å². The van der Waals surface area contributed by atoms with Gasteiger partial charge in [0.2, 0.25) is 0 Å². The van der Waals surface area contributed by atoms with Crippen molar-refractivity contribution >= 4 is 46.4 Å². The summed E-state index contributed by atoms with van der Waals surface area (Å²) in [5, 5.41) is 6.20. The van der Waals surface area contributed by atoms with Gasteiger partial charge < -0.3 is 20.1 Å². The molecule has 6 nitrogen and oxygen atoms in total. The maximum atomic E-state index is 12.1. The number of carbonyl (C=O) groups excluding carboxylic acids is 2. The van der Waals surface area contributed by atoms with Crippen LogP contribution in [0, 0.1) is 0 Å². The molecule has 8 heteroatoms. The Labute approximate surface area is 183 Å². The van der Waals surface area contributed by atoms with Crippen LogP contribution in [-0.4, -0.2) is 25.0 Å². The van der Waals surface area contributed by atoms with Gasteiger partial charge in [-0.25, -0.2) is 0 Å². The number of benzene rings is 3. The first kappa shape index (κ1) is 21.5. The molecule has 0 aliphatic rings. The fraction of sp³-hybridized carbons (Fsp3) is 0.0909. The summed E-state index contributed by atoms with van der Waals surface area (Å²) in [5.74, 6) is -0.0987. The van der Waals surface area contributed by atoms with Crippen LogP contribution >= 0.6 is 23.2 Å². The van der Waals surface area contributed by atoms with Gasteiger partial charge >= 0.3 is 0 Å². The van der Waals surface area contributed by atoms with Crippen LogP contribution in [0.2, 0.25) is 10.0 Å². The predicted octanol–water partition coefficient (Wildman–Crippen LogP) is 5.03. The number of hydrogen-bond donors (Lipinski definition) is 2. The molecular formula is C22H18Cl2N2O4. The highest BCUT2D eigenvalue weighted by atomic mass is 35.5. The van der Waals surface area contributed by atoms with Gasteiger partial charge in [-0.1, -0.05) is 59.6 Å². The highest BCUT2D eigenvalue weighted by Gasteiger charge is 2.11. The van der Waals surface area contributed by atoms with Gasteiger partial charge in [0.05, 0.1) is 21.4 Å². The lowest BCUT2D eigenvalue weighted by Crippen LogP contribution is -2.22. The summed E-state index contributed by atoms with van der Waals surface area (Å²) in [4.78, 5) is 24.3. The topological polar surface area (TPSA) is 76.7 Å². The van der Waals surface area contributed by atoms with E-state index in [1.807, 2.05) is 0 Å². The Hall–Kier alpha value is -3.22. The quantitative estimate of drug-likeness (QED) is 0.510. The van der Waals surface area contributed by atoms with E-state index in [2.05, 4.69) is 10.6 Å². The van der Waals surface area contributed by atoms with Crippen LogP contribution in [0.4, 0.5) is 11.4 Å². The zero-order valence-electron chi connectivity index (χ0n) is 15.7. The number of ether oxygens (including phenoxy) is 2. The van der Waals surface area contributed by atoms with Gasteiger partial charge in [-0.05, 0) is 36.4 Å². The summed E-state index contributed by atoms with van der Waals surface area (Å²) in [5.41, 5.74) is 0.988. The van der Waals surface area contributed by atoms with E-state index in [0.29, 0.717) is 32.9 Å². The summed E-state index contributed by atoms with van der Waals surface area (Å²) in [6, 6.07) is 20.5. The Morgan fingerprint density at radius 1 is 0.633 bits per heavy atom. The Kier molecular flexibility index (Phi) is 7.54. The van der Waals surface area contributed by atoms with Crippen molar-refractivity contribution in [1.82, 2.24) is 0 Å². The second-order valence-corrected chi connectivity index (χ2v) is 6.89. The molecule has 0 bridgehead atoms. The van der Waals surface area contributed by atoms with Gasteiger partial charge in [0.25, 0.3) is 11.8 Å². The molecule has 0 fully saturated rings. The van der Waals surface area contributed by atoms with E-state index in [0.717, 1.165) is 0 Å². The van der Waals surface area contributed by atoms with Gasteiger partial charge in [-0.15, -0.1) is 0 Å². The fourth-order valence-corrected chi connectivity index (χ4v) is 2.84. The lowest BCUT2D eigenvalue weighted by atomic mass is 10.3. The van der Waals surface area contributed by atoms with Crippen molar-refractivity contribution in [1.29, 1.82) is 0 Å². The van der Waals surface area contributed by atoms with E-state index in [-0.39, 0.29) is 25.0 Å². The normalized spacial score (nSPS) is 10.2. The molecule has 3 aromatic rings. The number of carbonyl (C=O) groups is 2. The second kappa shape index (κ2) is 10.5. The van der Waals surface area contributed by atoms with Gasteiger partial charge in [0.15, 0.2) is 24.7 Å². The largest absolute Gasteiger partial charge is 0.480 e. The highest BCUT2D eigenvalue weighted by molar-refractivity contribution is 6.34. The average molecular weight is 445 g/mol. The monoisotopic (exact) mass is 444 g/mol. The third-order valence-electron chi connectivity index (χ3n) is 3.86. The minimum atomic E-state index is -0.380. The number of halogens is 2. The van der Waals surface area contributed by atoms with Gasteiger partial charge in [0.1, 0.15) is 0 Å². The number of amides is 2. The molecule has 0 spiro atoms. The lowest BCUT2D eigenvalue weighted by molar-refractivity contribution is -0.119. The van der Waals surface area contributed by atoms with Crippen LogP contribution in [0.25, 0.3) is 0 Å². The molecule has 30 heavy (non-hydrogen) atoms. The Morgan fingerprint density at radius 2 is 1.00 bits per heavy atom. The Morgan fingerprint density at radius 3 is 1.40 bits per heavy atom. The van der Waals surface area contributed by atoms with E-state index in [1.54, 1.807) is 72.8 Å². The maximum Gasteiger partial charge on any atom is 0.262 e. The van der Waals surface area contributed by atoms with Crippen molar-refractivity contribution in [2.75, 3.05) is 23.8 Å². The molecule has 0 atom stereocenters. The standard InChI is InChI=1S/C22H18Cl2N2O4/c23-15-7-1-3-9-17(15)25-21(27)13-29-19-11-5-6-12-20(19)30-14-22(28)26-18-10-4-2-8-16(18)24/h1-12H,13-14H2,(H,25,27)(H,26,28). The maximum absolute atomic E-state index is 12.1. The second-order valence-electron chi connectivity index (χ2n) is 6.08. The first-order chi connectivity index (χ1) is 14.5. The zero-order chi connectivity index (χ0) is 21.3. The molecule has 154 valence electrons. The van der Waals surface area contributed by atoms with Crippen molar-refractivity contribution in [2.24, 2.45) is 0 Å². The van der Waals surface area contributed by atoms with E-state index in [1.165, 1.54) is 0 Å². The third kappa shape index (κ3) is 6.14.